The summed E-state index contributed by atoms with van der Waals surface area (Å²) < 4.78 is 4.90. The minimum Gasteiger partial charge on any atom is -0.480 e. The van der Waals surface area contributed by atoms with E-state index in [1.54, 1.807) is 0 Å². The Kier molecular flexibility index (Phi) is 3.50. The van der Waals surface area contributed by atoms with Gasteiger partial charge < -0.3 is 9.84 Å². The molecule has 0 aliphatic rings. The molecule has 5 heteroatoms. The summed E-state index contributed by atoms with van der Waals surface area (Å²) in [6.07, 6.45) is 1.44. The molecule has 0 amide bonds. The highest BCUT2D eigenvalue weighted by Crippen LogP contribution is 2.14. The predicted molar refractivity (Wildman–Crippen MR) is 47.6 cm³/mol. The second-order valence-electron chi connectivity index (χ2n) is 2.02. The Bertz CT molecular complexity index is 357. The molecule has 0 aliphatic carbocycles. The fourth-order valence-electron chi connectivity index (χ4n) is 0.722. The zero-order valence-electron chi connectivity index (χ0n) is 6.91. The average Bonchev–Trinajstić information content (AvgIpc) is 2.16. The van der Waals surface area contributed by atoms with E-state index in [0.717, 1.165) is 0 Å². The fraction of sp³-hybridized carbons (Fsp3) is 0.250. The minimum absolute atomic E-state index is 0.103. The number of aliphatic hydroxyl groups excluding tert-OH is 1. The van der Waals surface area contributed by atoms with Crippen LogP contribution in [-0.4, -0.2) is 28.8 Å². The van der Waals surface area contributed by atoms with Crippen molar-refractivity contribution in [2.75, 3.05) is 13.7 Å². The van der Waals surface area contributed by atoms with Gasteiger partial charge in [0.15, 0.2) is 0 Å². The zero-order chi connectivity index (χ0) is 9.68. The lowest BCUT2D eigenvalue weighted by atomic mass is 10.3. The van der Waals surface area contributed by atoms with Crippen LogP contribution in [-0.2, 0) is 0 Å². The van der Waals surface area contributed by atoms with Crippen molar-refractivity contribution < 1.29 is 9.84 Å². The van der Waals surface area contributed by atoms with Crippen LogP contribution in [0.4, 0.5) is 0 Å². The highest BCUT2D eigenvalue weighted by atomic mass is 35.5. The van der Waals surface area contributed by atoms with E-state index in [1.165, 1.54) is 13.3 Å². The number of nitrogens with zero attached hydrogens (tertiary/aromatic N) is 2. The summed E-state index contributed by atoms with van der Waals surface area (Å²) in [7, 11) is 1.46. The summed E-state index contributed by atoms with van der Waals surface area (Å²) >= 11 is 5.53. The molecule has 1 aromatic rings. The van der Waals surface area contributed by atoms with Gasteiger partial charge in [0.2, 0.25) is 11.2 Å². The molecule has 0 spiro atoms. The summed E-state index contributed by atoms with van der Waals surface area (Å²) in [5.41, 5.74) is 0.501. The molecule has 4 nitrogen and oxygen atoms in total. The molecule has 0 bridgehead atoms. The van der Waals surface area contributed by atoms with E-state index in [2.05, 4.69) is 21.8 Å². The molecule has 68 valence electrons. The first-order valence-corrected chi connectivity index (χ1v) is 3.82. The summed E-state index contributed by atoms with van der Waals surface area (Å²) in [5, 5.41) is 8.57. The molecule has 0 saturated carbocycles. The Morgan fingerprint density at radius 2 is 2.46 bits per heavy atom. The van der Waals surface area contributed by atoms with Crippen LogP contribution in [0, 0.1) is 11.8 Å². The second-order valence-corrected chi connectivity index (χ2v) is 2.36. The van der Waals surface area contributed by atoms with Crippen LogP contribution in [0.5, 0.6) is 5.88 Å². The molecule has 0 aliphatic heterocycles. The van der Waals surface area contributed by atoms with Crippen LogP contribution < -0.4 is 4.74 Å². The van der Waals surface area contributed by atoms with Crippen molar-refractivity contribution in [1.29, 1.82) is 0 Å². The van der Waals surface area contributed by atoms with Gasteiger partial charge in [0.25, 0.3) is 0 Å². The molecule has 1 heterocycles. The monoisotopic (exact) mass is 198 g/mol. The largest absolute Gasteiger partial charge is 0.480 e. The lowest BCUT2D eigenvalue weighted by Gasteiger charge is -2.00. The number of ether oxygens (including phenoxy) is 1. The molecule has 0 fully saturated rings. The van der Waals surface area contributed by atoms with Crippen molar-refractivity contribution in [2.45, 2.75) is 0 Å². The highest BCUT2D eigenvalue weighted by Gasteiger charge is 2.02. The Hall–Kier alpha value is -1.31. The molecule has 0 radical (unpaired) electrons. The molecular formula is C8H7ClN2O2. The smallest absolute Gasteiger partial charge is 0.233 e. The highest BCUT2D eigenvalue weighted by molar-refractivity contribution is 6.28. The van der Waals surface area contributed by atoms with E-state index in [9.17, 15) is 0 Å². The fourth-order valence-corrected chi connectivity index (χ4v) is 0.848. The van der Waals surface area contributed by atoms with Gasteiger partial charge in [0.05, 0.1) is 13.3 Å². The van der Waals surface area contributed by atoms with Crippen LogP contribution in [0.15, 0.2) is 6.20 Å². The molecule has 13 heavy (non-hydrogen) atoms. The van der Waals surface area contributed by atoms with E-state index < -0.39 is 0 Å². The van der Waals surface area contributed by atoms with Gasteiger partial charge in [0.1, 0.15) is 12.2 Å². The lowest BCUT2D eigenvalue weighted by Crippen LogP contribution is -1.94. The van der Waals surface area contributed by atoms with Gasteiger partial charge in [-0.2, -0.15) is 4.98 Å². The Balaban J connectivity index is 3.06. The summed E-state index contributed by atoms with van der Waals surface area (Å²) in [6, 6.07) is 0. The van der Waals surface area contributed by atoms with Crippen LogP contribution >= 0.6 is 11.6 Å². The van der Waals surface area contributed by atoms with E-state index in [4.69, 9.17) is 21.4 Å². The van der Waals surface area contributed by atoms with Gasteiger partial charge in [-0.05, 0) is 11.6 Å². The molecular weight excluding hydrogens is 192 g/mol. The second kappa shape index (κ2) is 4.65. The molecule has 1 N–H and O–H groups in total. The van der Waals surface area contributed by atoms with E-state index in [1.807, 2.05) is 0 Å². The quantitative estimate of drug-likeness (QED) is 0.527. The van der Waals surface area contributed by atoms with Crippen LogP contribution in [0.3, 0.4) is 0 Å². The number of hydrogen-bond acceptors (Lipinski definition) is 4. The topological polar surface area (TPSA) is 55.2 Å². The van der Waals surface area contributed by atoms with Gasteiger partial charge in [0, 0.05) is 0 Å². The Morgan fingerprint density at radius 3 is 3.08 bits per heavy atom. The van der Waals surface area contributed by atoms with E-state index in [-0.39, 0.29) is 11.9 Å². The predicted octanol–water partition coefficient (Wildman–Crippen LogP) is 0.482. The third-order valence-electron chi connectivity index (χ3n) is 1.22. The molecule has 0 atom stereocenters. The van der Waals surface area contributed by atoms with Gasteiger partial charge in [-0.1, -0.05) is 11.8 Å². The van der Waals surface area contributed by atoms with E-state index in [0.29, 0.717) is 11.4 Å². The Labute approximate surface area is 80.5 Å². The standard InChI is InChI=1S/C8H7ClN2O2/c1-13-7-6(3-2-4-12)5-10-8(9)11-7/h5,12H,4H2,1H3. The maximum absolute atomic E-state index is 8.46. The minimum atomic E-state index is -0.216. The number of methoxy groups -OCH3 is 1. The maximum atomic E-state index is 8.46. The average molecular weight is 199 g/mol. The molecule has 0 saturated heterocycles. The number of aliphatic hydroxyl groups is 1. The van der Waals surface area contributed by atoms with Crippen LogP contribution in [0.25, 0.3) is 0 Å². The van der Waals surface area contributed by atoms with Crippen molar-refractivity contribution >= 4 is 11.6 Å². The third-order valence-corrected chi connectivity index (χ3v) is 1.40. The molecule has 0 aromatic carbocycles. The first-order valence-electron chi connectivity index (χ1n) is 3.44. The first kappa shape index (κ1) is 9.78. The SMILES string of the molecule is COc1nc(Cl)ncc1C#CCO. The van der Waals surface area contributed by atoms with Crippen molar-refractivity contribution in [2.24, 2.45) is 0 Å². The van der Waals surface area contributed by atoms with Gasteiger partial charge >= 0.3 is 0 Å². The lowest BCUT2D eigenvalue weighted by molar-refractivity contribution is 0.350. The van der Waals surface area contributed by atoms with E-state index >= 15 is 0 Å². The van der Waals surface area contributed by atoms with Crippen LogP contribution in [0.1, 0.15) is 5.56 Å². The van der Waals surface area contributed by atoms with Crippen molar-refractivity contribution in [3.8, 4) is 17.7 Å². The zero-order valence-corrected chi connectivity index (χ0v) is 7.67. The number of halogens is 1. The number of rotatable bonds is 1. The third kappa shape index (κ3) is 2.58. The van der Waals surface area contributed by atoms with Gasteiger partial charge in [-0.3, -0.25) is 0 Å². The van der Waals surface area contributed by atoms with Crippen molar-refractivity contribution in [3.63, 3.8) is 0 Å². The molecule has 0 unspecified atom stereocenters. The summed E-state index contributed by atoms with van der Waals surface area (Å²) in [5.74, 6) is 5.40. The van der Waals surface area contributed by atoms with Gasteiger partial charge in [-0.15, -0.1) is 0 Å². The molecule has 1 rings (SSSR count). The number of hydrogen-bond donors (Lipinski definition) is 1. The summed E-state index contributed by atoms with van der Waals surface area (Å²) in [4.78, 5) is 7.52. The number of aromatic nitrogens is 2. The first-order chi connectivity index (χ1) is 6.27. The normalized spacial score (nSPS) is 8.85. The maximum Gasteiger partial charge on any atom is 0.233 e. The summed E-state index contributed by atoms with van der Waals surface area (Å²) in [6.45, 7) is -0.216. The van der Waals surface area contributed by atoms with Crippen molar-refractivity contribution in [1.82, 2.24) is 9.97 Å². The van der Waals surface area contributed by atoms with Crippen molar-refractivity contribution in [3.05, 3.63) is 17.0 Å². The van der Waals surface area contributed by atoms with Crippen LogP contribution in [0.2, 0.25) is 5.28 Å². The van der Waals surface area contributed by atoms with Gasteiger partial charge in [-0.25, -0.2) is 4.98 Å². The molecule has 1 aromatic heterocycles. The Morgan fingerprint density at radius 1 is 1.69 bits per heavy atom.